The lowest BCUT2D eigenvalue weighted by atomic mass is 9.97. The van der Waals surface area contributed by atoms with Crippen molar-refractivity contribution < 1.29 is 9.50 Å². The van der Waals surface area contributed by atoms with Gasteiger partial charge in [-0.2, -0.15) is 5.10 Å². The highest BCUT2D eigenvalue weighted by atomic mass is 19.1. The maximum absolute atomic E-state index is 13.0. The first kappa shape index (κ1) is 9.65. The maximum Gasteiger partial charge on any atom is 0.109 e. The molecule has 0 radical (unpaired) electrons. The van der Waals surface area contributed by atoms with Crippen molar-refractivity contribution >= 4 is 0 Å². The van der Waals surface area contributed by atoms with Crippen molar-refractivity contribution in [3.05, 3.63) is 18.0 Å². The lowest BCUT2D eigenvalue weighted by molar-refractivity contribution is 0.0873. The number of aromatic nitrogens is 2. The van der Waals surface area contributed by atoms with Crippen molar-refractivity contribution in [3.63, 3.8) is 0 Å². The van der Waals surface area contributed by atoms with Gasteiger partial charge in [0, 0.05) is 23.7 Å². The van der Waals surface area contributed by atoms with Gasteiger partial charge in [0.25, 0.3) is 0 Å². The molecule has 3 unspecified atom stereocenters. The highest BCUT2D eigenvalue weighted by molar-refractivity contribution is 5.18. The average molecular weight is 198 g/mol. The minimum atomic E-state index is -0.873. The summed E-state index contributed by atoms with van der Waals surface area (Å²) in [5, 5.41) is 14.0. The monoisotopic (exact) mass is 198 g/mol. The molecule has 1 aromatic heterocycles. The summed E-state index contributed by atoms with van der Waals surface area (Å²) in [6.07, 6.45) is 2.25. The largest absolute Gasteiger partial charge is 0.388 e. The molecule has 1 heterocycles. The standard InChI is InChI=1S/C10H15FN2O/c1-3-13-6-7(5-12-13)9(14)10(2)4-8(10)11/h5-6,8-9,14H,3-4H2,1-2H3. The summed E-state index contributed by atoms with van der Waals surface area (Å²) >= 11 is 0. The summed E-state index contributed by atoms with van der Waals surface area (Å²) in [6, 6.07) is 0. The van der Waals surface area contributed by atoms with E-state index in [4.69, 9.17) is 0 Å². The van der Waals surface area contributed by atoms with Crippen LogP contribution >= 0.6 is 0 Å². The Morgan fingerprint density at radius 2 is 2.50 bits per heavy atom. The number of nitrogens with zero attached hydrogens (tertiary/aromatic N) is 2. The van der Waals surface area contributed by atoms with Gasteiger partial charge in [-0.15, -0.1) is 0 Å². The summed E-state index contributed by atoms with van der Waals surface area (Å²) in [7, 11) is 0. The second kappa shape index (κ2) is 3.05. The molecule has 1 fully saturated rings. The number of hydrogen-bond donors (Lipinski definition) is 1. The average Bonchev–Trinajstić information content (AvgIpc) is 2.67. The van der Waals surface area contributed by atoms with Gasteiger partial charge in [0.05, 0.1) is 12.3 Å². The molecule has 0 aromatic carbocycles. The van der Waals surface area contributed by atoms with Crippen molar-refractivity contribution in [2.45, 2.75) is 39.1 Å². The van der Waals surface area contributed by atoms with Crippen LogP contribution < -0.4 is 0 Å². The Morgan fingerprint density at radius 3 is 2.93 bits per heavy atom. The Morgan fingerprint density at radius 1 is 1.86 bits per heavy atom. The van der Waals surface area contributed by atoms with Gasteiger partial charge in [0.1, 0.15) is 6.17 Å². The molecule has 1 aliphatic carbocycles. The van der Waals surface area contributed by atoms with Crippen LogP contribution in [0, 0.1) is 5.41 Å². The van der Waals surface area contributed by atoms with Crippen LogP contribution in [0.5, 0.6) is 0 Å². The molecule has 0 spiro atoms. The van der Waals surface area contributed by atoms with Gasteiger partial charge < -0.3 is 5.11 Å². The summed E-state index contributed by atoms with van der Waals surface area (Å²) in [5.74, 6) is 0. The smallest absolute Gasteiger partial charge is 0.109 e. The first-order chi connectivity index (χ1) is 6.58. The van der Waals surface area contributed by atoms with Gasteiger partial charge in [0.2, 0.25) is 0 Å². The van der Waals surface area contributed by atoms with Gasteiger partial charge in [-0.3, -0.25) is 4.68 Å². The molecule has 4 heteroatoms. The van der Waals surface area contributed by atoms with Crippen molar-refractivity contribution in [1.29, 1.82) is 0 Å². The molecule has 0 aliphatic heterocycles. The number of alkyl halides is 1. The summed E-state index contributed by atoms with van der Waals surface area (Å²) in [4.78, 5) is 0. The predicted octanol–water partition coefficient (Wildman–Crippen LogP) is 1.68. The third-order valence-electron chi connectivity index (χ3n) is 3.09. The Balaban J connectivity index is 2.15. The second-order valence-corrected chi connectivity index (χ2v) is 4.21. The van der Waals surface area contributed by atoms with Crippen LogP contribution in [0.3, 0.4) is 0 Å². The fourth-order valence-electron chi connectivity index (χ4n) is 1.68. The van der Waals surface area contributed by atoms with Gasteiger partial charge in [0.15, 0.2) is 0 Å². The highest BCUT2D eigenvalue weighted by Crippen LogP contribution is 2.56. The Kier molecular flexibility index (Phi) is 2.10. The van der Waals surface area contributed by atoms with Crippen LogP contribution in [-0.2, 0) is 6.54 Å². The molecule has 1 aliphatic rings. The number of aryl methyl sites for hydroxylation is 1. The zero-order valence-electron chi connectivity index (χ0n) is 8.44. The molecule has 14 heavy (non-hydrogen) atoms. The maximum atomic E-state index is 13.0. The second-order valence-electron chi connectivity index (χ2n) is 4.21. The number of aliphatic hydroxyl groups excluding tert-OH is 1. The van der Waals surface area contributed by atoms with Crippen LogP contribution in [-0.4, -0.2) is 21.1 Å². The molecule has 0 bridgehead atoms. The van der Waals surface area contributed by atoms with E-state index in [9.17, 15) is 9.50 Å². The summed E-state index contributed by atoms with van der Waals surface area (Å²) in [6.45, 7) is 4.51. The van der Waals surface area contributed by atoms with E-state index in [0.717, 1.165) is 12.1 Å². The van der Waals surface area contributed by atoms with E-state index in [1.807, 2.05) is 6.92 Å². The molecule has 3 nitrogen and oxygen atoms in total. The number of rotatable bonds is 3. The lowest BCUT2D eigenvalue weighted by Gasteiger charge is -2.15. The summed E-state index contributed by atoms with van der Waals surface area (Å²) < 4.78 is 14.7. The van der Waals surface area contributed by atoms with Crippen LogP contribution in [0.4, 0.5) is 4.39 Å². The molecule has 78 valence electrons. The Hall–Kier alpha value is -0.900. The van der Waals surface area contributed by atoms with Gasteiger partial charge >= 0.3 is 0 Å². The van der Waals surface area contributed by atoms with E-state index in [-0.39, 0.29) is 0 Å². The van der Waals surface area contributed by atoms with Crippen molar-refractivity contribution in [2.24, 2.45) is 5.41 Å². The highest BCUT2D eigenvalue weighted by Gasteiger charge is 2.56. The Labute approximate surface area is 82.5 Å². The van der Waals surface area contributed by atoms with Crippen LogP contribution in [0.15, 0.2) is 12.4 Å². The van der Waals surface area contributed by atoms with E-state index < -0.39 is 17.7 Å². The lowest BCUT2D eigenvalue weighted by Crippen LogP contribution is -2.12. The van der Waals surface area contributed by atoms with Crippen LogP contribution in [0.2, 0.25) is 0 Å². The zero-order chi connectivity index (χ0) is 10.3. The van der Waals surface area contributed by atoms with E-state index in [1.54, 1.807) is 24.0 Å². The third-order valence-corrected chi connectivity index (χ3v) is 3.09. The zero-order valence-corrected chi connectivity index (χ0v) is 8.44. The first-order valence-electron chi connectivity index (χ1n) is 4.92. The van der Waals surface area contributed by atoms with Gasteiger partial charge in [-0.1, -0.05) is 6.92 Å². The molecule has 2 rings (SSSR count). The minimum Gasteiger partial charge on any atom is -0.388 e. The predicted molar refractivity (Wildman–Crippen MR) is 50.5 cm³/mol. The van der Waals surface area contributed by atoms with Crippen molar-refractivity contribution in [3.8, 4) is 0 Å². The number of hydrogen-bond acceptors (Lipinski definition) is 2. The third kappa shape index (κ3) is 1.34. The number of aliphatic hydroxyl groups is 1. The fourth-order valence-corrected chi connectivity index (χ4v) is 1.68. The molecule has 0 saturated heterocycles. The fraction of sp³-hybridized carbons (Fsp3) is 0.700. The normalized spacial score (nSPS) is 33.0. The van der Waals surface area contributed by atoms with E-state index in [0.29, 0.717) is 6.42 Å². The van der Waals surface area contributed by atoms with E-state index >= 15 is 0 Å². The SMILES string of the molecule is CCn1cc(C(O)C2(C)CC2F)cn1. The topological polar surface area (TPSA) is 38.0 Å². The van der Waals surface area contributed by atoms with Gasteiger partial charge in [-0.05, 0) is 13.3 Å². The molecule has 1 aromatic rings. The first-order valence-corrected chi connectivity index (χ1v) is 4.92. The minimum absolute atomic E-state index is 0.450. The van der Waals surface area contributed by atoms with Crippen LogP contribution in [0.1, 0.15) is 31.9 Å². The van der Waals surface area contributed by atoms with Crippen molar-refractivity contribution in [2.75, 3.05) is 0 Å². The van der Waals surface area contributed by atoms with Crippen LogP contribution in [0.25, 0.3) is 0 Å². The molecule has 0 amide bonds. The van der Waals surface area contributed by atoms with E-state index in [1.165, 1.54) is 0 Å². The summed E-state index contributed by atoms with van der Waals surface area (Å²) in [5.41, 5.74) is 0.135. The molecule has 1 saturated carbocycles. The molecular formula is C10H15FN2O. The Bertz CT molecular complexity index is 339. The molecular weight excluding hydrogens is 183 g/mol. The quantitative estimate of drug-likeness (QED) is 0.802. The molecule has 1 N–H and O–H groups in total. The van der Waals surface area contributed by atoms with Crippen molar-refractivity contribution in [1.82, 2.24) is 9.78 Å². The molecule has 3 atom stereocenters. The number of halogens is 1. The van der Waals surface area contributed by atoms with E-state index in [2.05, 4.69) is 5.10 Å². The van der Waals surface area contributed by atoms with Gasteiger partial charge in [-0.25, -0.2) is 4.39 Å².